The highest BCUT2D eigenvalue weighted by Crippen LogP contribution is 2.07. The molecule has 0 heterocycles. The summed E-state index contributed by atoms with van der Waals surface area (Å²) >= 11 is 5.67. The molecule has 0 fully saturated rings. The van der Waals surface area contributed by atoms with Crippen molar-refractivity contribution >= 4 is 23.9 Å². The van der Waals surface area contributed by atoms with Crippen molar-refractivity contribution in [3.63, 3.8) is 0 Å². The minimum atomic E-state index is 0.392. The number of nitrogens with zero attached hydrogens (tertiary/aromatic N) is 1. The molecule has 0 atom stereocenters. The van der Waals surface area contributed by atoms with E-state index in [2.05, 4.69) is 5.16 Å². The van der Waals surface area contributed by atoms with Crippen molar-refractivity contribution in [3.8, 4) is 0 Å². The molecule has 12 heavy (non-hydrogen) atoms. The summed E-state index contributed by atoms with van der Waals surface area (Å²) in [6.45, 7) is 0. The van der Waals surface area contributed by atoms with Gasteiger partial charge in [0.2, 0.25) is 0 Å². The van der Waals surface area contributed by atoms with Crippen molar-refractivity contribution in [2.24, 2.45) is 5.16 Å². The standard InChI is InChI=1S/C9H8ClNO/c10-9(7-11-12)6-8-4-2-1-3-5-8/h1-7,12H/b9-6-,11-7?. The number of hydrogen-bond acceptors (Lipinski definition) is 2. The van der Waals surface area contributed by atoms with E-state index in [9.17, 15) is 0 Å². The molecule has 0 unspecified atom stereocenters. The van der Waals surface area contributed by atoms with Gasteiger partial charge in [0.15, 0.2) is 0 Å². The van der Waals surface area contributed by atoms with E-state index in [1.165, 1.54) is 6.21 Å². The average Bonchev–Trinajstić information content (AvgIpc) is 2.06. The highest BCUT2D eigenvalue weighted by atomic mass is 35.5. The van der Waals surface area contributed by atoms with Crippen molar-refractivity contribution in [1.29, 1.82) is 0 Å². The van der Waals surface area contributed by atoms with Crippen LogP contribution < -0.4 is 0 Å². The first-order valence-electron chi connectivity index (χ1n) is 3.42. The minimum absolute atomic E-state index is 0.392. The van der Waals surface area contributed by atoms with E-state index >= 15 is 0 Å². The summed E-state index contributed by atoms with van der Waals surface area (Å²) in [5.41, 5.74) is 0.974. The van der Waals surface area contributed by atoms with Gasteiger partial charge in [0.25, 0.3) is 0 Å². The number of oxime groups is 1. The van der Waals surface area contributed by atoms with E-state index in [4.69, 9.17) is 16.8 Å². The Labute approximate surface area is 75.8 Å². The Balaban J connectivity index is 2.81. The van der Waals surface area contributed by atoms with Crippen molar-refractivity contribution in [2.45, 2.75) is 0 Å². The predicted octanol–water partition coefficient (Wildman–Crippen LogP) is 2.73. The van der Waals surface area contributed by atoms with Gasteiger partial charge in [-0.1, -0.05) is 47.1 Å². The second-order valence-electron chi connectivity index (χ2n) is 2.18. The molecule has 0 aromatic heterocycles. The van der Waals surface area contributed by atoms with Crippen molar-refractivity contribution in [2.75, 3.05) is 0 Å². The lowest BCUT2D eigenvalue weighted by atomic mass is 10.2. The van der Waals surface area contributed by atoms with Crippen molar-refractivity contribution in [3.05, 3.63) is 40.9 Å². The van der Waals surface area contributed by atoms with Crippen LogP contribution in [0.1, 0.15) is 5.56 Å². The molecule has 0 saturated heterocycles. The predicted molar refractivity (Wildman–Crippen MR) is 50.6 cm³/mol. The van der Waals surface area contributed by atoms with Gasteiger partial charge < -0.3 is 5.21 Å². The lowest BCUT2D eigenvalue weighted by Gasteiger charge is -1.90. The largest absolute Gasteiger partial charge is 0.411 e. The number of allylic oxidation sites excluding steroid dienone is 1. The van der Waals surface area contributed by atoms with Crippen LogP contribution in [0.25, 0.3) is 6.08 Å². The third-order valence-electron chi connectivity index (χ3n) is 1.29. The van der Waals surface area contributed by atoms with Gasteiger partial charge >= 0.3 is 0 Å². The molecule has 1 aromatic carbocycles. The molecule has 0 amide bonds. The molecule has 3 heteroatoms. The van der Waals surface area contributed by atoms with E-state index in [0.29, 0.717) is 5.03 Å². The fourth-order valence-corrected chi connectivity index (χ4v) is 0.971. The Morgan fingerprint density at radius 3 is 2.58 bits per heavy atom. The van der Waals surface area contributed by atoms with E-state index in [1.54, 1.807) is 6.08 Å². The van der Waals surface area contributed by atoms with Gasteiger partial charge in [0.05, 0.1) is 11.2 Å². The summed E-state index contributed by atoms with van der Waals surface area (Å²) in [5.74, 6) is 0. The lowest BCUT2D eigenvalue weighted by molar-refractivity contribution is 0.322. The molecule has 62 valence electrons. The molecule has 2 nitrogen and oxygen atoms in total. The number of hydrogen-bond donors (Lipinski definition) is 1. The van der Waals surface area contributed by atoms with E-state index in [1.807, 2.05) is 30.3 Å². The summed E-state index contributed by atoms with van der Waals surface area (Å²) in [4.78, 5) is 0. The third kappa shape index (κ3) is 2.76. The van der Waals surface area contributed by atoms with Crippen LogP contribution in [0.4, 0.5) is 0 Å². The molecule has 0 aliphatic heterocycles. The molecule has 0 radical (unpaired) electrons. The molecule has 1 aromatic rings. The number of halogens is 1. The summed E-state index contributed by atoms with van der Waals surface area (Å²) in [5, 5.41) is 11.4. The first kappa shape index (κ1) is 8.81. The summed E-state index contributed by atoms with van der Waals surface area (Å²) in [7, 11) is 0. The highest BCUT2D eigenvalue weighted by Gasteiger charge is 1.87. The van der Waals surface area contributed by atoms with Gasteiger partial charge in [0, 0.05) is 0 Å². The Morgan fingerprint density at radius 2 is 2.00 bits per heavy atom. The molecule has 0 spiro atoms. The van der Waals surface area contributed by atoms with Gasteiger partial charge in [-0.2, -0.15) is 0 Å². The Morgan fingerprint density at radius 1 is 1.33 bits per heavy atom. The first-order valence-corrected chi connectivity index (χ1v) is 3.80. The highest BCUT2D eigenvalue weighted by molar-refractivity contribution is 6.41. The molecule has 0 saturated carbocycles. The Bertz CT molecular complexity index is 293. The normalized spacial score (nSPS) is 12.2. The van der Waals surface area contributed by atoms with Crippen LogP contribution in [0.3, 0.4) is 0 Å². The van der Waals surface area contributed by atoms with Gasteiger partial charge in [-0.3, -0.25) is 0 Å². The second-order valence-corrected chi connectivity index (χ2v) is 2.62. The van der Waals surface area contributed by atoms with E-state index < -0.39 is 0 Å². The smallest absolute Gasteiger partial charge is 0.0847 e. The van der Waals surface area contributed by atoms with Crippen LogP contribution in [-0.4, -0.2) is 11.4 Å². The van der Waals surface area contributed by atoms with Gasteiger partial charge in [-0.25, -0.2) is 0 Å². The first-order chi connectivity index (χ1) is 5.83. The summed E-state index contributed by atoms with van der Waals surface area (Å²) < 4.78 is 0. The monoisotopic (exact) mass is 181 g/mol. The van der Waals surface area contributed by atoms with Gasteiger partial charge in [-0.15, -0.1) is 0 Å². The Hall–Kier alpha value is -1.28. The molecular weight excluding hydrogens is 174 g/mol. The fourth-order valence-electron chi connectivity index (χ4n) is 0.801. The van der Waals surface area contributed by atoms with E-state index in [0.717, 1.165) is 5.56 Å². The van der Waals surface area contributed by atoms with Crippen molar-refractivity contribution < 1.29 is 5.21 Å². The van der Waals surface area contributed by atoms with Gasteiger partial charge in [-0.05, 0) is 11.6 Å². The van der Waals surface area contributed by atoms with Crippen LogP contribution in [0.5, 0.6) is 0 Å². The molecule has 0 aliphatic carbocycles. The lowest BCUT2D eigenvalue weighted by Crippen LogP contribution is -1.75. The SMILES string of the molecule is ON=C/C(Cl)=C/c1ccccc1. The fraction of sp³-hybridized carbons (Fsp3) is 0. The third-order valence-corrected chi connectivity index (χ3v) is 1.49. The average molecular weight is 182 g/mol. The topological polar surface area (TPSA) is 32.6 Å². The van der Waals surface area contributed by atoms with Gasteiger partial charge in [0.1, 0.15) is 0 Å². The van der Waals surface area contributed by atoms with Crippen LogP contribution >= 0.6 is 11.6 Å². The number of rotatable bonds is 2. The maximum atomic E-state index is 8.16. The van der Waals surface area contributed by atoms with Crippen molar-refractivity contribution in [1.82, 2.24) is 0 Å². The second kappa shape index (κ2) is 4.57. The van der Waals surface area contributed by atoms with Crippen LogP contribution in [-0.2, 0) is 0 Å². The zero-order valence-corrected chi connectivity index (χ0v) is 7.07. The zero-order chi connectivity index (χ0) is 8.81. The Kier molecular flexibility index (Phi) is 3.35. The quantitative estimate of drug-likeness (QED) is 0.425. The van der Waals surface area contributed by atoms with E-state index in [-0.39, 0.29) is 0 Å². The molecule has 0 aliphatic rings. The molecular formula is C9H8ClNO. The molecule has 0 bridgehead atoms. The molecule has 1 N–H and O–H groups in total. The molecule has 1 rings (SSSR count). The zero-order valence-electron chi connectivity index (χ0n) is 6.31. The number of benzene rings is 1. The van der Waals surface area contributed by atoms with Crippen LogP contribution in [0.15, 0.2) is 40.5 Å². The maximum Gasteiger partial charge on any atom is 0.0847 e. The summed E-state index contributed by atoms with van der Waals surface area (Å²) in [6, 6.07) is 9.56. The minimum Gasteiger partial charge on any atom is -0.411 e. The summed E-state index contributed by atoms with van der Waals surface area (Å²) in [6.07, 6.45) is 2.88. The van der Waals surface area contributed by atoms with Crippen LogP contribution in [0, 0.1) is 0 Å². The maximum absolute atomic E-state index is 8.16. The van der Waals surface area contributed by atoms with Crippen LogP contribution in [0.2, 0.25) is 0 Å².